The summed E-state index contributed by atoms with van der Waals surface area (Å²) < 4.78 is 29.2. The molecule has 9 heteroatoms. The average molecular weight is 425 g/mol. The van der Waals surface area contributed by atoms with Gasteiger partial charge in [0.2, 0.25) is 10.0 Å². The molecule has 0 N–H and O–H groups in total. The number of hydrogen-bond donors (Lipinski definition) is 0. The van der Waals surface area contributed by atoms with E-state index in [1.807, 2.05) is 24.5 Å². The van der Waals surface area contributed by atoms with Crippen LogP contribution in [-0.2, 0) is 14.8 Å². The first-order valence-electron chi connectivity index (χ1n) is 9.43. The number of hydrogen-bond acceptors (Lipinski definition) is 6. The number of rotatable bonds is 10. The van der Waals surface area contributed by atoms with Gasteiger partial charge in [0.05, 0.1) is 10.6 Å². The van der Waals surface area contributed by atoms with Crippen molar-refractivity contribution in [2.45, 2.75) is 57.1 Å². The smallest absolute Gasteiger partial charge is 0.243 e. The Balaban J connectivity index is 2.52. The molecule has 1 atom stereocenters. The van der Waals surface area contributed by atoms with Crippen molar-refractivity contribution >= 4 is 27.6 Å². The molecule has 1 aromatic carbocycles. The van der Waals surface area contributed by atoms with Crippen molar-refractivity contribution in [3.8, 4) is 11.4 Å². The summed E-state index contributed by atoms with van der Waals surface area (Å²) in [5.74, 6) is 1.000. The minimum absolute atomic E-state index is 0.0672. The summed E-state index contributed by atoms with van der Waals surface area (Å²) in [7, 11) is -3.56. The van der Waals surface area contributed by atoms with E-state index in [1.165, 1.54) is 16.1 Å². The molecule has 1 heterocycles. The SMILES string of the molecule is CCC(C)n1c(SCC(C)=O)nnc1-c1cccc(S(=O)(=O)N(CC)CC)c1. The summed E-state index contributed by atoms with van der Waals surface area (Å²) in [5.41, 5.74) is 0.690. The van der Waals surface area contributed by atoms with Crippen LogP contribution in [0.15, 0.2) is 34.3 Å². The summed E-state index contributed by atoms with van der Waals surface area (Å²) in [6.07, 6.45) is 0.857. The first kappa shape index (κ1) is 22.6. The highest BCUT2D eigenvalue weighted by Crippen LogP contribution is 2.30. The molecule has 0 aliphatic carbocycles. The van der Waals surface area contributed by atoms with E-state index in [-0.39, 0.29) is 16.7 Å². The third-order valence-electron chi connectivity index (χ3n) is 4.54. The molecule has 0 aliphatic heterocycles. The Labute approximate surface area is 171 Å². The van der Waals surface area contributed by atoms with E-state index in [2.05, 4.69) is 24.0 Å². The van der Waals surface area contributed by atoms with Crippen LogP contribution in [0.4, 0.5) is 0 Å². The normalized spacial score (nSPS) is 13.1. The van der Waals surface area contributed by atoms with Crippen LogP contribution < -0.4 is 0 Å². The zero-order valence-electron chi connectivity index (χ0n) is 17.0. The van der Waals surface area contributed by atoms with Crippen LogP contribution in [-0.4, -0.2) is 52.1 Å². The zero-order chi connectivity index (χ0) is 20.9. The van der Waals surface area contributed by atoms with E-state index >= 15 is 0 Å². The first-order valence-corrected chi connectivity index (χ1v) is 11.9. The number of benzene rings is 1. The Morgan fingerprint density at radius 3 is 2.46 bits per heavy atom. The Kier molecular flexibility index (Phi) is 7.79. The van der Waals surface area contributed by atoms with E-state index in [1.54, 1.807) is 25.1 Å². The minimum atomic E-state index is -3.56. The van der Waals surface area contributed by atoms with Gasteiger partial charge < -0.3 is 0 Å². The molecule has 0 aliphatic rings. The van der Waals surface area contributed by atoms with E-state index in [0.717, 1.165) is 6.42 Å². The Morgan fingerprint density at radius 1 is 1.21 bits per heavy atom. The van der Waals surface area contributed by atoms with Gasteiger partial charge >= 0.3 is 0 Å². The van der Waals surface area contributed by atoms with Gasteiger partial charge in [-0.15, -0.1) is 10.2 Å². The van der Waals surface area contributed by atoms with E-state index in [0.29, 0.717) is 35.4 Å². The molecule has 0 fully saturated rings. The lowest BCUT2D eigenvalue weighted by Crippen LogP contribution is -2.30. The molecular formula is C19H28N4O3S2. The molecule has 0 radical (unpaired) electrons. The van der Waals surface area contributed by atoms with Gasteiger partial charge in [0.15, 0.2) is 11.0 Å². The largest absolute Gasteiger partial charge is 0.299 e. The van der Waals surface area contributed by atoms with Gasteiger partial charge in [0, 0.05) is 24.7 Å². The quantitative estimate of drug-likeness (QED) is 0.542. The van der Waals surface area contributed by atoms with Gasteiger partial charge in [-0.05, 0) is 32.4 Å². The lowest BCUT2D eigenvalue weighted by atomic mass is 10.2. The fraction of sp³-hybridized carbons (Fsp3) is 0.526. The lowest BCUT2D eigenvalue weighted by molar-refractivity contribution is -0.114. The van der Waals surface area contributed by atoms with Gasteiger partial charge in [-0.25, -0.2) is 8.42 Å². The summed E-state index contributed by atoms with van der Waals surface area (Å²) >= 11 is 1.35. The molecule has 154 valence electrons. The van der Waals surface area contributed by atoms with Crippen molar-refractivity contribution < 1.29 is 13.2 Å². The highest BCUT2D eigenvalue weighted by Gasteiger charge is 2.24. The van der Waals surface area contributed by atoms with Gasteiger partial charge in [-0.3, -0.25) is 9.36 Å². The fourth-order valence-electron chi connectivity index (χ4n) is 2.83. The Bertz CT molecular complexity index is 921. The van der Waals surface area contributed by atoms with Crippen molar-refractivity contribution in [3.05, 3.63) is 24.3 Å². The third-order valence-corrected chi connectivity index (χ3v) is 7.67. The number of carbonyl (C=O) groups is 1. The first-order chi connectivity index (χ1) is 13.3. The van der Waals surface area contributed by atoms with Gasteiger partial charge in [-0.1, -0.05) is 44.7 Å². The van der Waals surface area contributed by atoms with Crippen LogP contribution in [0.3, 0.4) is 0 Å². The molecule has 0 bridgehead atoms. The maximum atomic E-state index is 12.9. The second-order valence-electron chi connectivity index (χ2n) is 6.54. The van der Waals surface area contributed by atoms with Crippen LogP contribution in [0.25, 0.3) is 11.4 Å². The van der Waals surface area contributed by atoms with Crippen molar-refractivity contribution in [1.82, 2.24) is 19.1 Å². The number of thioether (sulfide) groups is 1. The molecule has 2 aromatic rings. The van der Waals surface area contributed by atoms with Crippen LogP contribution in [0, 0.1) is 0 Å². The highest BCUT2D eigenvalue weighted by molar-refractivity contribution is 7.99. The van der Waals surface area contributed by atoms with Crippen molar-refractivity contribution in [3.63, 3.8) is 0 Å². The molecule has 2 rings (SSSR count). The van der Waals surface area contributed by atoms with Crippen LogP contribution in [0.2, 0.25) is 0 Å². The van der Waals surface area contributed by atoms with Gasteiger partial charge in [0.1, 0.15) is 5.78 Å². The molecule has 0 saturated heterocycles. The van der Waals surface area contributed by atoms with E-state index in [9.17, 15) is 13.2 Å². The number of ketones is 1. The predicted molar refractivity (Wildman–Crippen MR) is 112 cm³/mol. The van der Waals surface area contributed by atoms with Crippen LogP contribution in [0.5, 0.6) is 0 Å². The van der Waals surface area contributed by atoms with Crippen molar-refractivity contribution in [2.75, 3.05) is 18.8 Å². The molecule has 0 saturated carbocycles. The fourth-order valence-corrected chi connectivity index (χ4v) is 5.17. The number of Topliss-reactive ketones (excluding diaryl/α,β-unsaturated/α-hetero) is 1. The van der Waals surface area contributed by atoms with Gasteiger partial charge in [-0.2, -0.15) is 4.31 Å². The molecule has 7 nitrogen and oxygen atoms in total. The standard InChI is InChI=1S/C19H28N4O3S2/c1-6-14(4)23-18(20-21-19(23)27-13-15(5)24)16-10-9-11-17(12-16)28(25,26)22(7-2)8-3/h9-12,14H,6-8,13H2,1-5H3. The maximum absolute atomic E-state index is 12.9. The molecule has 0 amide bonds. The Morgan fingerprint density at radius 2 is 1.89 bits per heavy atom. The second-order valence-corrected chi connectivity index (χ2v) is 9.42. The Hall–Kier alpha value is -1.71. The summed E-state index contributed by atoms with van der Waals surface area (Å²) in [4.78, 5) is 11.6. The summed E-state index contributed by atoms with van der Waals surface area (Å²) in [6.45, 7) is 10.1. The number of carbonyl (C=O) groups excluding carboxylic acids is 1. The van der Waals surface area contributed by atoms with Crippen LogP contribution >= 0.6 is 11.8 Å². The molecule has 28 heavy (non-hydrogen) atoms. The number of nitrogens with zero attached hydrogens (tertiary/aromatic N) is 4. The molecule has 1 aromatic heterocycles. The van der Waals surface area contributed by atoms with Crippen molar-refractivity contribution in [2.24, 2.45) is 0 Å². The molecule has 0 spiro atoms. The predicted octanol–water partition coefficient (Wildman–Crippen LogP) is 3.63. The molecule has 1 unspecified atom stereocenters. The highest BCUT2D eigenvalue weighted by atomic mass is 32.2. The number of aromatic nitrogens is 3. The lowest BCUT2D eigenvalue weighted by Gasteiger charge is -2.19. The minimum Gasteiger partial charge on any atom is -0.299 e. The monoisotopic (exact) mass is 424 g/mol. The van der Waals surface area contributed by atoms with E-state index < -0.39 is 10.0 Å². The summed E-state index contributed by atoms with van der Waals surface area (Å²) in [6, 6.07) is 6.93. The molecular weight excluding hydrogens is 396 g/mol. The van der Waals surface area contributed by atoms with Crippen molar-refractivity contribution in [1.29, 1.82) is 0 Å². The topological polar surface area (TPSA) is 85.2 Å². The maximum Gasteiger partial charge on any atom is 0.243 e. The van der Waals surface area contributed by atoms with Crippen LogP contribution in [0.1, 0.15) is 47.1 Å². The number of sulfonamides is 1. The zero-order valence-corrected chi connectivity index (χ0v) is 18.7. The van der Waals surface area contributed by atoms with E-state index in [4.69, 9.17) is 0 Å². The third kappa shape index (κ3) is 4.82. The van der Waals surface area contributed by atoms with Gasteiger partial charge in [0.25, 0.3) is 0 Å². The summed E-state index contributed by atoms with van der Waals surface area (Å²) in [5, 5.41) is 9.23. The average Bonchev–Trinajstić information content (AvgIpc) is 3.10. The second kappa shape index (κ2) is 9.67.